The molecule has 29 heavy (non-hydrogen) atoms. The maximum absolute atomic E-state index is 13.1. The summed E-state index contributed by atoms with van der Waals surface area (Å²) in [6.07, 6.45) is 2.85. The lowest BCUT2D eigenvalue weighted by molar-refractivity contribution is -0.143. The van der Waals surface area contributed by atoms with E-state index in [9.17, 15) is 24.3 Å². The quantitative estimate of drug-likeness (QED) is 0.254. The number of hydrogen-bond donors (Lipinski definition) is 6. The standard InChI is InChI=1S/C17H26N6O6/c1-9(24)14(18)16(28)22-11(5-10-6-19-8-21-10)17(29)23-4-2-3-12(23)15(27)20-7-13(25)26/h6,8-9,11-12,14,24H,2-5,7,18H2,1H3,(H,19,21)(H,20,27)(H,22,28)(H,25,26)/t9-,11+,12+,14+/m1/s1. The van der Waals surface area contributed by atoms with E-state index >= 15 is 0 Å². The van der Waals surface area contributed by atoms with Crippen LogP contribution in [0.4, 0.5) is 0 Å². The number of carbonyl (C=O) groups excluding carboxylic acids is 3. The van der Waals surface area contributed by atoms with Crippen LogP contribution in [0.1, 0.15) is 25.5 Å². The number of H-pyrrole nitrogens is 1. The van der Waals surface area contributed by atoms with Crippen molar-refractivity contribution in [3.05, 3.63) is 18.2 Å². The fourth-order valence-electron chi connectivity index (χ4n) is 3.09. The Balaban J connectivity index is 2.15. The first-order chi connectivity index (χ1) is 13.7. The van der Waals surface area contributed by atoms with Crippen molar-refractivity contribution in [3.63, 3.8) is 0 Å². The van der Waals surface area contributed by atoms with Crippen LogP contribution in [-0.2, 0) is 25.6 Å². The molecule has 1 fully saturated rings. The Morgan fingerprint density at radius 1 is 1.41 bits per heavy atom. The third-order valence-electron chi connectivity index (χ3n) is 4.67. The summed E-state index contributed by atoms with van der Waals surface area (Å²) >= 11 is 0. The summed E-state index contributed by atoms with van der Waals surface area (Å²) in [4.78, 5) is 56.5. The molecular formula is C17H26N6O6. The summed E-state index contributed by atoms with van der Waals surface area (Å²) in [7, 11) is 0. The number of amides is 3. The average Bonchev–Trinajstić information content (AvgIpc) is 3.35. The highest BCUT2D eigenvalue weighted by Crippen LogP contribution is 2.19. The maximum Gasteiger partial charge on any atom is 0.322 e. The number of aliphatic carboxylic acids is 1. The van der Waals surface area contributed by atoms with E-state index in [1.165, 1.54) is 24.3 Å². The van der Waals surface area contributed by atoms with E-state index < -0.39 is 54.5 Å². The summed E-state index contributed by atoms with van der Waals surface area (Å²) in [5.74, 6) is -2.96. The number of aromatic amines is 1. The zero-order chi connectivity index (χ0) is 21.6. The number of imidazole rings is 1. The van der Waals surface area contributed by atoms with E-state index in [2.05, 4.69) is 20.6 Å². The molecule has 1 aromatic rings. The van der Waals surface area contributed by atoms with Crippen LogP contribution in [0.3, 0.4) is 0 Å². The van der Waals surface area contributed by atoms with Crippen molar-refractivity contribution >= 4 is 23.7 Å². The predicted octanol–water partition coefficient (Wildman–Crippen LogP) is -2.66. The first-order valence-corrected chi connectivity index (χ1v) is 9.22. The van der Waals surface area contributed by atoms with E-state index in [0.29, 0.717) is 25.1 Å². The lowest BCUT2D eigenvalue weighted by Gasteiger charge is -2.29. The van der Waals surface area contributed by atoms with E-state index in [4.69, 9.17) is 10.8 Å². The van der Waals surface area contributed by atoms with Crippen LogP contribution >= 0.6 is 0 Å². The average molecular weight is 410 g/mol. The molecule has 0 spiro atoms. The largest absolute Gasteiger partial charge is 0.480 e. The molecule has 2 heterocycles. The minimum Gasteiger partial charge on any atom is -0.480 e. The first-order valence-electron chi connectivity index (χ1n) is 9.22. The van der Waals surface area contributed by atoms with Gasteiger partial charge in [0.1, 0.15) is 24.7 Å². The molecule has 1 saturated heterocycles. The molecule has 0 unspecified atom stereocenters. The molecule has 1 aromatic heterocycles. The summed E-state index contributed by atoms with van der Waals surface area (Å²) in [5, 5.41) is 23.1. The number of hydrogen-bond acceptors (Lipinski definition) is 7. The van der Waals surface area contributed by atoms with Gasteiger partial charge in [-0.05, 0) is 19.8 Å². The lowest BCUT2D eigenvalue weighted by Crippen LogP contribution is -2.57. The molecule has 0 aromatic carbocycles. The lowest BCUT2D eigenvalue weighted by atomic mass is 10.1. The van der Waals surface area contributed by atoms with E-state index in [1.807, 2.05) is 0 Å². The molecule has 0 saturated carbocycles. The Labute approximate surface area is 166 Å². The number of aliphatic hydroxyl groups excluding tert-OH is 1. The highest BCUT2D eigenvalue weighted by molar-refractivity contribution is 5.94. The van der Waals surface area contributed by atoms with Crippen molar-refractivity contribution in [1.29, 1.82) is 0 Å². The summed E-state index contributed by atoms with van der Waals surface area (Å²) < 4.78 is 0. The second-order valence-electron chi connectivity index (χ2n) is 6.91. The minimum absolute atomic E-state index is 0.0804. The monoisotopic (exact) mass is 410 g/mol. The van der Waals surface area contributed by atoms with Crippen molar-refractivity contribution in [2.24, 2.45) is 5.73 Å². The molecule has 12 nitrogen and oxygen atoms in total. The summed E-state index contributed by atoms with van der Waals surface area (Å²) in [6, 6.07) is -3.09. The third-order valence-corrected chi connectivity index (χ3v) is 4.67. The number of aliphatic hydroxyl groups is 1. The summed E-state index contributed by atoms with van der Waals surface area (Å²) in [6.45, 7) is 1.11. The maximum atomic E-state index is 13.1. The molecule has 4 atom stereocenters. The number of aromatic nitrogens is 2. The normalized spacial score (nSPS) is 19.3. The fourth-order valence-corrected chi connectivity index (χ4v) is 3.09. The van der Waals surface area contributed by atoms with Gasteiger partial charge in [-0.3, -0.25) is 19.2 Å². The second-order valence-corrected chi connectivity index (χ2v) is 6.91. The molecule has 0 aliphatic carbocycles. The van der Waals surface area contributed by atoms with Crippen LogP contribution < -0.4 is 16.4 Å². The Morgan fingerprint density at radius 3 is 2.72 bits per heavy atom. The molecule has 12 heteroatoms. The Morgan fingerprint density at radius 2 is 2.14 bits per heavy atom. The van der Waals surface area contributed by atoms with Gasteiger partial charge in [0.25, 0.3) is 0 Å². The highest BCUT2D eigenvalue weighted by Gasteiger charge is 2.38. The van der Waals surface area contributed by atoms with Crippen LogP contribution in [0.15, 0.2) is 12.5 Å². The van der Waals surface area contributed by atoms with Crippen molar-refractivity contribution < 1.29 is 29.4 Å². The number of carboxylic acid groups (broad SMARTS) is 1. The second kappa shape index (κ2) is 9.98. The SMILES string of the molecule is C[C@@H](O)[C@H](N)C(=O)N[C@@H](Cc1cnc[nH]1)C(=O)N1CCC[C@H]1C(=O)NCC(=O)O. The third kappa shape index (κ3) is 5.99. The van der Waals surface area contributed by atoms with Crippen LogP contribution in [0.5, 0.6) is 0 Å². The minimum atomic E-state index is -1.22. The molecule has 7 N–H and O–H groups in total. The number of carbonyl (C=O) groups is 4. The van der Waals surface area contributed by atoms with Gasteiger partial charge in [0.15, 0.2) is 0 Å². The van der Waals surface area contributed by atoms with Gasteiger partial charge >= 0.3 is 5.97 Å². The van der Waals surface area contributed by atoms with Gasteiger partial charge in [-0.25, -0.2) is 4.98 Å². The van der Waals surface area contributed by atoms with Gasteiger partial charge in [0.2, 0.25) is 17.7 Å². The van der Waals surface area contributed by atoms with E-state index in [-0.39, 0.29) is 6.42 Å². The van der Waals surface area contributed by atoms with Gasteiger partial charge in [0, 0.05) is 24.9 Å². The number of nitrogens with zero attached hydrogens (tertiary/aromatic N) is 2. The van der Waals surface area contributed by atoms with Gasteiger partial charge in [-0.15, -0.1) is 0 Å². The number of rotatable bonds is 9. The van der Waals surface area contributed by atoms with Crippen LogP contribution in [-0.4, -0.2) is 86.1 Å². The van der Waals surface area contributed by atoms with Crippen molar-refractivity contribution in [2.75, 3.05) is 13.1 Å². The molecular weight excluding hydrogens is 384 g/mol. The molecule has 2 rings (SSSR count). The summed E-state index contributed by atoms with van der Waals surface area (Å²) in [5.41, 5.74) is 6.24. The first kappa shape index (κ1) is 22.3. The number of carboxylic acids is 1. The van der Waals surface area contributed by atoms with Crippen molar-refractivity contribution in [1.82, 2.24) is 25.5 Å². The topological polar surface area (TPSA) is 191 Å². The Kier molecular flexibility index (Phi) is 7.67. The highest BCUT2D eigenvalue weighted by atomic mass is 16.4. The molecule has 3 amide bonds. The Bertz CT molecular complexity index is 737. The smallest absolute Gasteiger partial charge is 0.322 e. The van der Waals surface area contributed by atoms with Gasteiger partial charge in [-0.2, -0.15) is 0 Å². The van der Waals surface area contributed by atoms with Gasteiger partial charge < -0.3 is 36.5 Å². The molecule has 1 aliphatic rings. The predicted molar refractivity (Wildman–Crippen MR) is 99.3 cm³/mol. The van der Waals surface area contributed by atoms with E-state index in [0.717, 1.165) is 0 Å². The van der Waals surface area contributed by atoms with Crippen LogP contribution in [0, 0.1) is 0 Å². The van der Waals surface area contributed by atoms with Crippen molar-refractivity contribution in [2.45, 2.75) is 50.4 Å². The number of nitrogens with one attached hydrogen (secondary N) is 3. The molecule has 0 bridgehead atoms. The number of nitrogens with two attached hydrogens (primary N) is 1. The zero-order valence-corrected chi connectivity index (χ0v) is 16.0. The van der Waals surface area contributed by atoms with Crippen LogP contribution in [0.25, 0.3) is 0 Å². The Hall–Kier alpha value is -2.99. The van der Waals surface area contributed by atoms with Crippen molar-refractivity contribution in [3.8, 4) is 0 Å². The number of likely N-dealkylation sites (tertiary alicyclic amines) is 1. The molecule has 1 aliphatic heterocycles. The van der Waals surface area contributed by atoms with Gasteiger partial charge in [0.05, 0.1) is 12.4 Å². The van der Waals surface area contributed by atoms with Gasteiger partial charge in [-0.1, -0.05) is 0 Å². The molecule has 0 radical (unpaired) electrons. The zero-order valence-electron chi connectivity index (χ0n) is 16.0. The van der Waals surface area contributed by atoms with E-state index in [1.54, 1.807) is 0 Å². The fraction of sp³-hybridized carbons (Fsp3) is 0.588. The molecule has 160 valence electrons. The van der Waals surface area contributed by atoms with Crippen LogP contribution in [0.2, 0.25) is 0 Å².